The highest BCUT2D eigenvalue weighted by Crippen LogP contribution is 2.32. The van der Waals surface area contributed by atoms with Crippen LogP contribution >= 0.6 is 22.9 Å². The average molecular weight is 232 g/mol. The number of nitrogens with one attached hydrogen (secondary N) is 1. The molecule has 0 radical (unpaired) electrons. The minimum absolute atomic E-state index is 0.553. The molecule has 5 heteroatoms. The first-order valence-electron chi connectivity index (χ1n) is 4.31. The van der Waals surface area contributed by atoms with Crippen molar-refractivity contribution >= 4 is 28.9 Å². The quantitative estimate of drug-likeness (QED) is 0.831. The van der Waals surface area contributed by atoms with Crippen molar-refractivity contribution in [1.29, 1.82) is 0 Å². The van der Waals surface area contributed by atoms with Crippen LogP contribution in [0.25, 0.3) is 0 Å². The Morgan fingerprint density at radius 3 is 2.71 bits per heavy atom. The predicted molar refractivity (Wildman–Crippen MR) is 56.0 cm³/mol. The van der Waals surface area contributed by atoms with E-state index in [0.717, 1.165) is 4.88 Å². The van der Waals surface area contributed by atoms with Gasteiger partial charge in [-0.25, -0.2) is 0 Å². The molecule has 2 heterocycles. The molecule has 1 fully saturated rings. The Morgan fingerprint density at radius 1 is 1.64 bits per heavy atom. The number of rotatable bonds is 3. The number of hydrogen-bond acceptors (Lipinski definition) is 3. The Kier molecular flexibility index (Phi) is 2.51. The molecule has 1 aromatic heterocycles. The monoisotopic (exact) mass is 231 g/mol. The topological polar surface area (TPSA) is 49.3 Å². The van der Waals surface area contributed by atoms with E-state index in [-0.39, 0.29) is 0 Å². The van der Waals surface area contributed by atoms with Crippen molar-refractivity contribution in [3.05, 3.63) is 21.3 Å². The van der Waals surface area contributed by atoms with Crippen molar-refractivity contribution < 1.29 is 9.90 Å². The Bertz CT molecular complexity index is 359. The molecule has 0 unspecified atom stereocenters. The smallest absolute Gasteiger partial charge is 0.312 e. The fourth-order valence-corrected chi connectivity index (χ4v) is 2.79. The molecule has 0 aliphatic carbocycles. The van der Waals surface area contributed by atoms with Gasteiger partial charge in [0.2, 0.25) is 0 Å². The summed E-state index contributed by atoms with van der Waals surface area (Å²) in [5.74, 6) is -0.722. The first kappa shape index (κ1) is 9.96. The van der Waals surface area contributed by atoms with Crippen LogP contribution in [0.4, 0.5) is 0 Å². The summed E-state index contributed by atoms with van der Waals surface area (Å²) in [6.07, 6.45) is 0.576. The van der Waals surface area contributed by atoms with Crippen LogP contribution in [0.2, 0.25) is 4.34 Å². The van der Waals surface area contributed by atoms with Crippen LogP contribution in [0.15, 0.2) is 12.1 Å². The molecule has 3 nitrogen and oxygen atoms in total. The predicted octanol–water partition coefficient (Wildman–Crippen LogP) is 1.62. The largest absolute Gasteiger partial charge is 0.481 e. The number of thiophene rings is 1. The summed E-state index contributed by atoms with van der Waals surface area (Å²) < 4.78 is 0.716. The minimum Gasteiger partial charge on any atom is -0.481 e. The van der Waals surface area contributed by atoms with Crippen LogP contribution in [-0.4, -0.2) is 24.2 Å². The summed E-state index contributed by atoms with van der Waals surface area (Å²) >= 11 is 7.24. The lowest BCUT2D eigenvalue weighted by Crippen LogP contribution is -2.59. The molecule has 0 bridgehead atoms. The van der Waals surface area contributed by atoms with Crippen molar-refractivity contribution in [2.24, 2.45) is 5.41 Å². The van der Waals surface area contributed by atoms with Crippen molar-refractivity contribution in [1.82, 2.24) is 5.32 Å². The molecule has 1 saturated heterocycles. The van der Waals surface area contributed by atoms with Gasteiger partial charge >= 0.3 is 5.97 Å². The van der Waals surface area contributed by atoms with Gasteiger partial charge in [-0.2, -0.15) is 0 Å². The highest BCUT2D eigenvalue weighted by molar-refractivity contribution is 7.16. The third-order valence-corrected chi connectivity index (χ3v) is 3.75. The second kappa shape index (κ2) is 3.53. The van der Waals surface area contributed by atoms with E-state index in [1.54, 1.807) is 0 Å². The van der Waals surface area contributed by atoms with Crippen LogP contribution in [0.1, 0.15) is 4.88 Å². The fourth-order valence-electron chi connectivity index (χ4n) is 1.56. The van der Waals surface area contributed by atoms with Gasteiger partial charge in [0.25, 0.3) is 0 Å². The van der Waals surface area contributed by atoms with Gasteiger partial charge in [0.1, 0.15) is 0 Å². The Labute approximate surface area is 90.7 Å². The summed E-state index contributed by atoms with van der Waals surface area (Å²) in [7, 11) is 0. The van der Waals surface area contributed by atoms with Crippen LogP contribution < -0.4 is 5.32 Å². The fraction of sp³-hybridized carbons (Fsp3) is 0.444. The highest BCUT2D eigenvalue weighted by atomic mass is 35.5. The first-order chi connectivity index (χ1) is 6.62. The lowest BCUT2D eigenvalue weighted by molar-refractivity contribution is -0.152. The van der Waals surface area contributed by atoms with Crippen LogP contribution in [0.5, 0.6) is 0 Å². The normalized spacial score (nSPS) is 18.9. The van der Waals surface area contributed by atoms with E-state index in [1.807, 2.05) is 12.1 Å². The molecule has 1 aromatic rings. The van der Waals surface area contributed by atoms with E-state index in [4.69, 9.17) is 16.7 Å². The maximum Gasteiger partial charge on any atom is 0.312 e. The minimum atomic E-state index is -0.722. The average Bonchev–Trinajstić information content (AvgIpc) is 2.43. The van der Waals surface area contributed by atoms with E-state index in [0.29, 0.717) is 23.8 Å². The number of carbonyl (C=O) groups is 1. The molecular weight excluding hydrogens is 222 g/mol. The van der Waals surface area contributed by atoms with E-state index >= 15 is 0 Å². The Balaban J connectivity index is 2.12. The highest BCUT2D eigenvalue weighted by Gasteiger charge is 2.44. The van der Waals surface area contributed by atoms with Gasteiger partial charge in [-0.15, -0.1) is 11.3 Å². The lowest BCUT2D eigenvalue weighted by atomic mass is 9.78. The summed E-state index contributed by atoms with van der Waals surface area (Å²) in [5.41, 5.74) is -0.603. The molecular formula is C9H10ClNO2S. The van der Waals surface area contributed by atoms with Crippen molar-refractivity contribution in [2.45, 2.75) is 6.42 Å². The van der Waals surface area contributed by atoms with Crippen LogP contribution in [0.3, 0.4) is 0 Å². The lowest BCUT2D eigenvalue weighted by Gasteiger charge is -2.38. The van der Waals surface area contributed by atoms with Crippen LogP contribution in [-0.2, 0) is 11.2 Å². The van der Waals surface area contributed by atoms with Crippen molar-refractivity contribution in [3.8, 4) is 0 Å². The summed E-state index contributed by atoms with van der Waals surface area (Å²) in [6.45, 7) is 1.11. The third kappa shape index (κ3) is 1.65. The molecule has 0 aromatic carbocycles. The molecule has 1 aliphatic rings. The third-order valence-electron chi connectivity index (χ3n) is 2.52. The molecule has 14 heavy (non-hydrogen) atoms. The van der Waals surface area contributed by atoms with E-state index < -0.39 is 11.4 Å². The summed E-state index contributed by atoms with van der Waals surface area (Å²) in [4.78, 5) is 12.1. The Morgan fingerprint density at radius 2 is 2.36 bits per heavy atom. The van der Waals surface area contributed by atoms with Crippen molar-refractivity contribution in [2.75, 3.05) is 13.1 Å². The number of carboxylic acids is 1. The second-order valence-corrected chi connectivity index (χ2v) is 5.37. The van der Waals surface area contributed by atoms with Crippen molar-refractivity contribution in [3.63, 3.8) is 0 Å². The molecule has 0 atom stereocenters. The Hall–Kier alpha value is -0.580. The molecule has 0 saturated carbocycles. The van der Waals surface area contributed by atoms with Gasteiger partial charge in [-0.3, -0.25) is 4.79 Å². The van der Waals surface area contributed by atoms with Crippen LogP contribution in [0, 0.1) is 5.41 Å². The van der Waals surface area contributed by atoms with Gasteiger partial charge in [0, 0.05) is 24.4 Å². The summed E-state index contributed by atoms with van der Waals surface area (Å²) in [6, 6.07) is 3.71. The second-order valence-electron chi connectivity index (χ2n) is 3.57. The maximum atomic E-state index is 11.0. The maximum absolute atomic E-state index is 11.0. The molecule has 0 spiro atoms. The zero-order valence-electron chi connectivity index (χ0n) is 7.42. The van der Waals surface area contributed by atoms with E-state index in [9.17, 15) is 4.79 Å². The molecule has 2 N–H and O–H groups in total. The number of halogens is 1. The number of carboxylic acid groups (broad SMARTS) is 1. The zero-order valence-corrected chi connectivity index (χ0v) is 8.99. The molecule has 76 valence electrons. The SMILES string of the molecule is O=C(O)C1(Cc2ccc(Cl)s2)CNC1. The zero-order chi connectivity index (χ0) is 10.2. The molecule has 2 rings (SSSR count). The molecule has 0 amide bonds. The molecule has 1 aliphatic heterocycles. The van der Waals surface area contributed by atoms with Gasteiger partial charge < -0.3 is 10.4 Å². The van der Waals surface area contributed by atoms with Gasteiger partial charge in [-0.1, -0.05) is 11.6 Å². The van der Waals surface area contributed by atoms with E-state index in [2.05, 4.69) is 5.32 Å². The van der Waals surface area contributed by atoms with Gasteiger partial charge in [-0.05, 0) is 12.1 Å². The standard InChI is InChI=1S/C9H10ClNO2S/c10-7-2-1-6(14-7)3-9(8(12)13)4-11-5-9/h1-2,11H,3-5H2,(H,12,13). The summed E-state index contributed by atoms with van der Waals surface area (Å²) in [5, 5.41) is 12.1. The van der Waals surface area contributed by atoms with E-state index in [1.165, 1.54) is 11.3 Å². The first-order valence-corrected chi connectivity index (χ1v) is 5.50. The van der Waals surface area contributed by atoms with Gasteiger partial charge in [0.05, 0.1) is 9.75 Å². The number of aliphatic carboxylic acids is 1. The van der Waals surface area contributed by atoms with Gasteiger partial charge in [0.15, 0.2) is 0 Å². The number of hydrogen-bond donors (Lipinski definition) is 2.